The molecule has 5 aliphatic rings. The average Bonchev–Trinajstić information content (AvgIpc) is 3.73. The van der Waals surface area contributed by atoms with E-state index in [0.29, 0.717) is 28.2 Å². The minimum Gasteiger partial charge on any atom is -0.496 e. The van der Waals surface area contributed by atoms with E-state index in [4.69, 9.17) is 37.9 Å². The predicted molar refractivity (Wildman–Crippen MR) is 172 cm³/mol. The van der Waals surface area contributed by atoms with Crippen LogP contribution in [0.1, 0.15) is 48.1 Å². The van der Waals surface area contributed by atoms with Crippen LogP contribution in [-0.4, -0.2) is 109 Å². The van der Waals surface area contributed by atoms with Gasteiger partial charge in [0, 0.05) is 31.8 Å². The van der Waals surface area contributed by atoms with Crippen LogP contribution in [0.15, 0.2) is 24.3 Å². The highest BCUT2D eigenvalue weighted by Crippen LogP contribution is 2.56. The van der Waals surface area contributed by atoms with Crippen molar-refractivity contribution in [3.63, 3.8) is 0 Å². The second kappa shape index (κ2) is 14.2. The van der Waals surface area contributed by atoms with Crippen LogP contribution < -0.4 is 29.9 Å². The SMILES string of the molecule is COc1cc([C@@H]2c3cc4c(cc3[C@@H](OC3OC5COC(C)OC5C(O)C3O)[C@H]3COC(=O)[C@H]23)OCO4)cc(CO)c1P(=O)(O)NCCNC(C)=O. The summed E-state index contributed by atoms with van der Waals surface area (Å²) in [7, 11) is -3.03. The van der Waals surface area contributed by atoms with E-state index < -0.39 is 80.9 Å². The van der Waals surface area contributed by atoms with Gasteiger partial charge in [-0.25, -0.2) is 5.09 Å². The summed E-state index contributed by atoms with van der Waals surface area (Å²) < 4.78 is 60.1. The number of methoxy groups -OCH3 is 1. The monoisotopic (exact) mass is 736 g/mol. The zero-order valence-electron chi connectivity index (χ0n) is 28.1. The fraction of sp³-hybridized carbons (Fsp3) is 0.576. The molecule has 0 saturated carbocycles. The van der Waals surface area contributed by atoms with Crippen LogP contribution >= 0.6 is 7.52 Å². The summed E-state index contributed by atoms with van der Waals surface area (Å²) in [6.45, 7) is 2.41. The molecular formula is C33H41N2O15P. The Hall–Kier alpha value is -3.35. The summed E-state index contributed by atoms with van der Waals surface area (Å²) in [5, 5.41) is 37.6. The van der Waals surface area contributed by atoms with E-state index in [1.54, 1.807) is 31.2 Å². The van der Waals surface area contributed by atoms with E-state index in [1.807, 2.05) is 0 Å². The molecule has 7 unspecified atom stereocenters. The van der Waals surface area contributed by atoms with E-state index >= 15 is 0 Å². The van der Waals surface area contributed by atoms with Gasteiger partial charge in [-0.15, -0.1) is 0 Å². The number of carbonyl (C=O) groups is 2. The Morgan fingerprint density at radius 1 is 1.02 bits per heavy atom. The van der Waals surface area contributed by atoms with Gasteiger partial charge in [0.15, 0.2) is 24.1 Å². The molecule has 0 bridgehead atoms. The molecular weight excluding hydrogens is 695 g/mol. The molecule has 17 nitrogen and oxygen atoms in total. The number of aliphatic hydroxyl groups is 3. The molecule has 2 aromatic carbocycles. The minimum absolute atomic E-state index is 0.00787. The maximum atomic E-state index is 13.6. The number of aliphatic hydroxyl groups excluding tert-OH is 3. The molecule has 1 aliphatic carbocycles. The lowest BCUT2D eigenvalue weighted by Gasteiger charge is -2.47. The van der Waals surface area contributed by atoms with Gasteiger partial charge in [0.05, 0.1) is 44.3 Å². The van der Waals surface area contributed by atoms with Crippen LogP contribution in [0, 0.1) is 11.8 Å². The minimum atomic E-state index is -4.35. The Morgan fingerprint density at radius 3 is 2.47 bits per heavy atom. The normalized spacial score (nSPS) is 33.4. The van der Waals surface area contributed by atoms with Crippen LogP contribution in [0.4, 0.5) is 0 Å². The molecule has 0 spiro atoms. The Kier molecular flexibility index (Phi) is 10.1. The first-order valence-corrected chi connectivity index (χ1v) is 18.3. The Morgan fingerprint density at radius 2 is 1.76 bits per heavy atom. The van der Waals surface area contributed by atoms with Crippen LogP contribution in [0.2, 0.25) is 0 Å². The second-order valence-corrected chi connectivity index (χ2v) is 15.0. The molecule has 4 aliphatic heterocycles. The number of fused-ring (bicyclic) bond motifs is 4. The first-order valence-electron chi connectivity index (χ1n) is 16.6. The molecule has 6 N–H and O–H groups in total. The van der Waals surface area contributed by atoms with Gasteiger partial charge in [0.25, 0.3) is 0 Å². The van der Waals surface area contributed by atoms with Gasteiger partial charge >= 0.3 is 13.5 Å². The van der Waals surface area contributed by atoms with Crippen molar-refractivity contribution < 1.29 is 72.3 Å². The topological polar surface area (TPSA) is 230 Å². The number of rotatable bonds is 10. The molecule has 3 saturated heterocycles. The van der Waals surface area contributed by atoms with Gasteiger partial charge < -0.3 is 63.4 Å². The van der Waals surface area contributed by atoms with Crippen LogP contribution in [0.5, 0.6) is 17.2 Å². The van der Waals surface area contributed by atoms with E-state index in [0.717, 1.165) is 0 Å². The number of hydrogen-bond acceptors (Lipinski definition) is 14. The first kappa shape index (κ1) is 36.0. The van der Waals surface area contributed by atoms with Crippen molar-refractivity contribution in [2.45, 2.75) is 69.5 Å². The number of carbonyl (C=O) groups excluding carboxylic acids is 2. The van der Waals surface area contributed by atoms with Gasteiger partial charge in [0.2, 0.25) is 12.7 Å². The number of amides is 1. The maximum absolute atomic E-state index is 13.6. The lowest BCUT2D eigenvalue weighted by molar-refractivity contribution is -0.364. The third-order valence-electron chi connectivity index (χ3n) is 9.94. The molecule has 0 aromatic heterocycles. The molecule has 2 aromatic rings. The summed E-state index contributed by atoms with van der Waals surface area (Å²) in [4.78, 5) is 36.0. The number of cyclic esters (lactones) is 1. The van der Waals surface area contributed by atoms with Crippen molar-refractivity contribution in [3.8, 4) is 17.2 Å². The summed E-state index contributed by atoms with van der Waals surface area (Å²) in [5.41, 5.74) is 1.70. The van der Waals surface area contributed by atoms with E-state index in [2.05, 4.69) is 10.4 Å². The zero-order chi connectivity index (χ0) is 36.2. The standard InChI is InChI=1S/C33H41N2O15P/c1-14(37)34-4-5-35-51(41,42)31-17(10-36)6-16(7-23(31)43-3)25-18-8-21-22(47-13-46-21)9-19(18)29(20-11-45-32(40)26(20)25)50-33-28(39)27(38)30-24(49-33)12-44-15(2)48-30/h6-9,15,20,24-30,33,36,38-39H,4-5,10-13H2,1-3H3,(H,34,37)(H2,35,41,42)/t15?,20-,24?,25+,26-,27?,28?,29+,30?,33?/m0/s1. The molecule has 278 valence electrons. The third kappa shape index (κ3) is 6.61. The van der Waals surface area contributed by atoms with Gasteiger partial charge in [-0.05, 0) is 47.4 Å². The van der Waals surface area contributed by atoms with Crippen LogP contribution in [0.25, 0.3) is 0 Å². The fourth-order valence-corrected chi connectivity index (χ4v) is 9.21. The van der Waals surface area contributed by atoms with Crippen molar-refractivity contribution in [1.82, 2.24) is 10.4 Å². The van der Waals surface area contributed by atoms with Crippen molar-refractivity contribution in [2.24, 2.45) is 11.8 Å². The van der Waals surface area contributed by atoms with E-state index in [1.165, 1.54) is 14.0 Å². The zero-order valence-corrected chi connectivity index (χ0v) is 28.9. The molecule has 7 rings (SSSR count). The number of nitrogens with one attached hydrogen (secondary N) is 2. The summed E-state index contributed by atoms with van der Waals surface area (Å²) in [6, 6.07) is 6.56. The van der Waals surface area contributed by atoms with Crippen molar-refractivity contribution in [3.05, 3.63) is 46.5 Å². The quantitative estimate of drug-likeness (QED) is 0.104. The second-order valence-electron chi connectivity index (χ2n) is 13.1. The number of ether oxygens (including phenoxy) is 8. The molecule has 4 heterocycles. The van der Waals surface area contributed by atoms with Gasteiger partial charge in [-0.3, -0.25) is 14.2 Å². The molecule has 3 fully saturated rings. The van der Waals surface area contributed by atoms with Crippen molar-refractivity contribution in [1.29, 1.82) is 0 Å². The van der Waals surface area contributed by atoms with Crippen LogP contribution in [0.3, 0.4) is 0 Å². The maximum Gasteiger partial charge on any atom is 0.310 e. The highest BCUT2D eigenvalue weighted by Gasteiger charge is 2.56. The smallest absolute Gasteiger partial charge is 0.310 e. The van der Waals surface area contributed by atoms with Gasteiger partial charge in [-0.1, -0.05) is 6.07 Å². The van der Waals surface area contributed by atoms with Gasteiger partial charge in [-0.2, -0.15) is 0 Å². The Balaban J connectivity index is 1.28. The third-order valence-corrected chi connectivity index (χ3v) is 11.7. The lowest BCUT2D eigenvalue weighted by Crippen LogP contribution is -2.63. The molecule has 11 atom stereocenters. The molecule has 18 heteroatoms. The van der Waals surface area contributed by atoms with Crippen LogP contribution in [-0.2, 0) is 44.4 Å². The number of hydrogen-bond donors (Lipinski definition) is 6. The van der Waals surface area contributed by atoms with Crippen molar-refractivity contribution in [2.75, 3.05) is 40.2 Å². The van der Waals surface area contributed by atoms with E-state index in [9.17, 15) is 34.4 Å². The number of esters is 1. The Bertz CT molecular complexity index is 1700. The average molecular weight is 737 g/mol. The summed E-state index contributed by atoms with van der Waals surface area (Å²) >= 11 is 0. The lowest BCUT2D eigenvalue weighted by atomic mass is 9.66. The fourth-order valence-electron chi connectivity index (χ4n) is 7.66. The molecule has 1 amide bonds. The molecule has 51 heavy (non-hydrogen) atoms. The van der Waals surface area contributed by atoms with Gasteiger partial charge in [0.1, 0.15) is 30.2 Å². The first-order chi connectivity index (χ1) is 24.4. The predicted octanol–water partition coefficient (Wildman–Crippen LogP) is -0.347. The summed E-state index contributed by atoms with van der Waals surface area (Å²) in [5.74, 6) is -2.26. The highest BCUT2D eigenvalue weighted by molar-refractivity contribution is 7.64. The summed E-state index contributed by atoms with van der Waals surface area (Å²) in [6.07, 6.45) is -7.28. The van der Waals surface area contributed by atoms with E-state index in [-0.39, 0.29) is 55.6 Å². The largest absolute Gasteiger partial charge is 0.496 e. The number of benzene rings is 2. The highest BCUT2D eigenvalue weighted by atomic mass is 31.2. The van der Waals surface area contributed by atoms with Crippen molar-refractivity contribution >= 4 is 24.7 Å². The molecule has 0 radical (unpaired) electrons. The Labute approximate surface area is 292 Å².